The van der Waals surface area contributed by atoms with Gasteiger partial charge in [0.05, 0.1) is 29.9 Å². The third kappa shape index (κ3) is 5.03. The number of hydrogen-bond donors (Lipinski definition) is 1. The summed E-state index contributed by atoms with van der Waals surface area (Å²) in [7, 11) is -0.406. The summed E-state index contributed by atoms with van der Waals surface area (Å²) >= 11 is 0. The van der Waals surface area contributed by atoms with Crippen molar-refractivity contribution in [2.24, 2.45) is 0 Å². The number of hydrogen-bond acceptors (Lipinski definition) is 6. The number of aromatic nitrogens is 1. The van der Waals surface area contributed by atoms with Gasteiger partial charge in [0.2, 0.25) is 5.88 Å². The lowest BCUT2D eigenvalue weighted by molar-refractivity contribution is 0.00578. The van der Waals surface area contributed by atoms with Crippen molar-refractivity contribution in [3.63, 3.8) is 0 Å². The molecule has 0 spiro atoms. The maximum atomic E-state index is 12.5. The molecule has 3 aromatic rings. The molecule has 0 saturated carbocycles. The van der Waals surface area contributed by atoms with Gasteiger partial charge in [0.1, 0.15) is 0 Å². The molecular weight excluding hydrogens is 419 g/mol. The molecule has 0 atom stereocenters. The van der Waals surface area contributed by atoms with Crippen molar-refractivity contribution in [3.05, 3.63) is 65.7 Å². The fourth-order valence-corrected chi connectivity index (χ4v) is 3.47. The minimum Gasteiger partial charge on any atom is -0.478 e. The second-order valence-electron chi connectivity index (χ2n) is 9.04. The summed E-state index contributed by atoms with van der Waals surface area (Å²) in [6, 6.07) is 16.7. The standard InChI is InChI=1S/C25H29BN2O5/c1-6-30-22-14-10-18-15-19(9-13-21(18)27-22)23(29)28-31-16-17-7-11-20(12-8-17)26-32-24(2,3)25(4,5)33-26/h7-15H,6,16H2,1-5H3,(H,28,29). The number of benzene rings is 2. The predicted molar refractivity (Wildman–Crippen MR) is 127 cm³/mol. The molecule has 1 aliphatic rings. The molecule has 4 rings (SSSR count). The number of pyridine rings is 1. The molecular formula is C25H29BN2O5. The highest BCUT2D eigenvalue weighted by atomic mass is 16.7. The summed E-state index contributed by atoms with van der Waals surface area (Å²) in [5, 5.41) is 0.851. The Morgan fingerprint density at radius 3 is 2.36 bits per heavy atom. The summed E-state index contributed by atoms with van der Waals surface area (Å²) in [4.78, 5) is 22.3. The largest absolute Gasteiger partial charge is 0.494 e. The predicted octanol–water partition coefficient (Wildman–Crippen LogP) is 3.79. The molecule has 8 heteroatoms. The smallest absolute Gasteiger partial charge is 0.478 e. The van der Waals surface area contributed by atoms with Gasteiger partial charge in [-0.1, -0.05) is 24.3 Å². The molecule has 7 nitrogen and oxygen atoms in total. The molecule has 172 valence electrons. The summed E-state index contributed by atoms with van der Waals surface area (Å²) in [5.41, 5.74) is 4.86. The molecule has 33 heavy (non-hydrogen) atoms. The zero-order valence-corrected chi connectivity index (χ0v) is 19.7. The lowest BCUT2D eigenvalue weighted by atomic mass is 9.79. The van der Waals surface area contributed by atoms with Gasteiger partial charge in [0, 0.05) is 17.0 Å². The molecule has 1 N–H and O–H groups in total. The van der Waals surface area contributed by atoms with Crippen LogP contribution in [0.1, 0.15) is 50.5 Å². The number of amides is 1. The van der Waals surface area contributed by atoms with Gasteiger partial charge in [-0.3, -0.25) is 9.63 Å². The lowest BCUT2D eigenvalue weighted by Gasteiger charge is -2.32. The van der Waals surface area contributed by atoms with E-state index in [-0.39, 0.29) is 23.7 Å². The van der Waals surface area contributed by atoms with Crippen LogP contribution in [0.3, 0.4) is 0 Å². The van der Waals surface area contributed by atoms with Crippen molar-refractivity contribution in [3.8, 4) is 5.88 Å². The molecule has 0 unspecified atom stereocenters. The van der Waals surface area contributed by atoms with Gasteiger partial charge in [-0.2, -0.15) is 0 Å². The van der Waals surface area contributed by atoms with Crippen molar-refractivity contribution in [2.75, 3.05) is 6.61 Å². The maximum Gasteiger partial charge on any atom is 0.494 e. The van der Waals surface area contributed by atoms with Crippen LogP contribution in [0.2, 0.25) is 0 Å². The third-order valence-electron chi connectivity index (χ3n) is 6.13. The van der Waals surface area contributed by atoms with Gasteiger partial charge in [0.25, 0.3) is 5.91 Å². The molecule has 0 aliphatic carbocycles. The van der Waals surface area contributed by atoms with E-state index in [1.807, 2.05) is 65.0 Å². The normalized spacial score (nSPS) is 16.7. The summed E-state index contributed by atoms with van der Waals surface area (Å²) in [5.74, 6) is 0.245. The molecule has 2 aromatic carbocycles. The van der Waals surface area contributed by atoms with Crippen LogP contribution in [-0.4, -0.2) is 35.8 Å². The number of nitrogens with one attached hydrogen (secondary N) is 1. The Morgan fingerprint density at radius 2 is 1.70 bits per heavy atom. The number of carbonyl (C=O) groups excluding carboxylic acids is 1. The van der Waals surface area contributed by atoms with Crippen molar-refractivity contribution in [2.45, 2.75) is 52.4 Å². The van der Waals surface area contributed by atoms with E-state index in [1.54, 1.807) is 24.3 Å². The van der Waals surface area contributed by atoms with Crippen LogP contribution >= 0.6 is 0 Å². The first kappa shape index (κ1) is 23.2. The van der Waals surface area contributed by atoms with E-state index in [2.05, 4.69) is 10.5 Å². The van der Waals surface area contributed by atoms with Crippen LogP contribution < -0.4 is 15.7 Å². The van der Waals surface area contributed by atoms with Crippen LogP contribution in [0.4, 0.5) is 0 Å². The third-order valence-corrected chi connectivity index (χ3v) is 6.13. The van der Waals surface area contributed by atoms with Crippen molar-refractivity contribution >= 4 is 29.4 Å². The monoisotopic (exact) mass is 448 g/mol. The van der Waals surface area contributed by atoms with E-state index in [0.29, 0.717) is 18.1 Å². The number of hydroxylamine groups is 1. The van der Waals surface area contributed by atoms with Crippen LogP contribution in [0, 0.1) is 0 Å². The Balaban J connectivity index is 1.32. The highest BCUT2D eigenvalue weighted by Gasteiger charge is 2.51. The number of fused-ring (bicyclic) bond motifs is 1. The van der Waals surface area contributed by atoms with Crippen LogP contribution in [0.25, 0.3) is 10.9 Å². The van der Waals surface area contributed by atoms with Gasteiger partial charge in [-0.25, -0.2) is 10.5 Å². The van der Waals surface area contributed by atoms with E-state index in [4.69, 9.17) is 18.9 Å². The van der Waals surface area contributed by atoms with E-state index in [0.717, 1.165) is 21.9 Å². The summed E-state index contributed by atoms with van der Waals surface area (Å²) in [6.45, 7) is 10.8. The number of carbonyl (C=O) groups is 1. The minimum atomic E-state index is -0.406. The second-order valence-corrected chi connectivity index (χ2v) is 9.04. The van der Waals surface area contributed by atoms with Gasteiger partial charge in [-0.05, 0) is 69.9 Å². The molecule has 1 fully saturated rings. The molecule has 0 bridgehead atoms. The minimum absolute atomic E-state index is 0.238. The van der Waals surface area contributed by atoms with Crippen molar-refractivity contribution in [1.29, 1.82) is 0 Å². The topological polar surface area (TPSA) is 78.9 Å². The molecule has 1 aromatic heterocycles. The molecule has 0 radical (unpaired) electrons. The van der Waals surface area contributed by atoms with Gasteiger partial charge in [-0.15, -0.1) is 0 Å². The van der Waals surface area contributed by atoms with Gasteiger partial charge >= 0.3 is 7.12 Å². The number of ether oxygens (including phenoxy) is 1. The molecule has 1 saturated heterocycles. The fraction of sp³-hybridized carbons (Fsp3) is 0.360. The first-order chi connectivity index (χ1) is 15.7. The Hall–Kier alpha value is -2.94. The highest BCUT2D eigenvalue weighted by molar-refractivity contribution is 6.62. The van der Waals surface area contributed by atoms with Crippen LogP contribution in [0.15, 0.2) is 54.6 Å². The lowest BCUT2D eigenvalue weighted by Crippen LogP contribution is -2.41. The van der Waals surface area contributed by atoms with E-state index in [9.17, 15) is 4.79 Å². The highest BCUT2D eigenvalue weighted by Crippen LogP contribution is 2.36. The van der Waals surface area contributed by atoms with E-state index >= 15 is 0 Å². The quantitative estimate of drug-likeness (QED) is 0.438. The van der Waals surface area contributed by atoms with Gasteiger partial charge in [0.15, 0.2) is 0 Å². The first-order valence-corrected chi connectivity index (χ1v) is 11.1. The average molecular weight is 448 g/mol. The molecule has 1 amide bonds. The van der Waals surface area contributed by atoms with Crippen LogP contribution in [-0.2, 0) is 20.8 Å². The molecule has 1 aliphatic heterocycles. The average Bonchev–Trinajstić information content (AvgIpc) is 3.01. The van der Waals surface area contributed by atoms with E-state index < -0.39 is 7.12 Å². The Labute approximate surface area is 194 Å². The SMILES string of the molecule is CCOc1ccc2cc(C(=O)NOCc3ccc(B4OC(C)(C)C(C)(C)O4)cc3)ccc2n1. The summed E-state index contributed by atoms with van der Waals surface area (Å²) in [6.07, 6.45) is 0. The van der Waals surface area contributed by atoms with Crippen molar-refractivity contribution < 1.29 is 23.7 Å². The van der Waals surface area contributed by atoms with Crippen molar-refractivity contribution in [1.82, 2.24) is 10.5 Å². The maximum absolute atomic E-state index is 12.5. The zero-order chi connectivity index (χ0) is 23.6. The first-order valence-electron chi connectivity index (χ1n) is 11.1. The summed E-state index contributed by atoms with van der Waals surface area (Å²) < 4.78 is 17.6. The molecule has 2 heterocycles. The Morgan fingerprint density at radius 1 is 1.00 bits per heavy atom. The number of rotatable bonds is 7. The number of nitrogens with zero attached hydrogens (tertiary/aromatic N) is 1. The van der Waals surface area contributed by atoms with Gasteiger partial charge < -0.3 is 14.0 Å². The fourth-order valence-electron chi connectivity index (χ4n) is 3.47. The van der Waals surface area contributed by atoms with E-state index in [1.165, 1.54) is 0 Å². The van der Waals surface area contributed by atoms with Crippen LogP contribution in [0.5, 0.6) is 5.88 Å². The Bertz CT molecular complexity index is 1130. The Kier molecular flexibility index (Phi) is 6.43. The zero-order valence-electron chi connectivity index (χ0n) is 19.7. The second kappa shape index (κ2) is 9.13.